The first-order chi connectivity index (χ1) is 10.1. The molecule has 2 aliphatic rings. The number of nitrogens with zero attached hydrogens (tertiary/aromatic N) is 2. The summed E-state index contributed by atoms with van der Waals surface area (Å²) in [5, 5.41) is 3.99. The van der Waals surface area contributed by atoms with Gasteiger partial charge in [-0.05, 0) is 49.3 Å². The predicted molar refractivity (Wildman–Crippen MR) is 77.7 cm³/mol. The molecule has 2 N–H and O–H groups in total. The van der Waals surface area contributed by atoms with Crippen molar-refractivity contribution >= 4 is 12.4 Å². The summed E-state index contributed by atoms with van der Waals surface area (Å²) in [6.07, 6.45) is 3.65. The van der Waals surface area contributed by atoms with Crippen molar-refractivity contribution in [2.45, 2.75) is 43.1 Å². The lowest BCUT2D eigenvalue weighted by molar-refractivity contribution is 0.229. The minimum atomic E-state index is -0.828. The van der Waals surface area contributed by atoms with Crippen LogP contribution in [0.1, 0.15) is 54.8 Å². The molecular formula is C15H16ClF2N3O. The van der Waals surface area contributed by atoms with Crippen LogP contribution in [0, 0.1) is 11.6 Å². The molecule has 0 aliphatic heterocycles. The maximum absolute atomic E-state index is 13.3. The Labute approximate surface area is 132 Å². The lowest BCUT2D eigenvalue weighted by Gasteiger charge is -2.34. The Bertz CT molecular complexity index is 702. The molecule has 0 spiro atoms. The Balaban J connectivity index is 0.00000144. The van der Waals surface area contributed by atoms with Crippen LogP contribution in [0.4, 0.5) is 8.78 Å². The van der Waals surface area contributed by atoms with Gasteiger partial charge in [0.15, 0.2) is 17.5 Å². The Hall–Kier alpha value is -1.53. The van der Waals surface area contributed by atoms with Gasteiger partial charge >= 0.3 is 0 Å². The van der Waals surface area contributed by atoms with E-state index in [9.17, 15) is 8.78 Å². The van der Waals surface area contributed by atoms with Crippen molar-refractivity contribution in [3.05, 3.63) is 47.1 Å². The second-order valence-electron chi connectivity index (χ2n) is 6.09. The number of hydrogen-bond donors (Lipinski definition) is 1. The number of halogens is 3. The molecule has 2 saturated carbocycles. The van der Waals surface area contributed by atoms with Crippen LogP contribution < -0.4 is 5.73 Å². The van der Waals surface area contributed by atoms with Crippen LogP contribution in [0.5, 0.6) is 0 Å². The molecule has 0 bridgehead atoms. The molecule has 2 aromatic rings. The Morgan fingerprint density at radius 1 is 1.18 bits per heavy atom. The summed E-state index contributed by atoms with van der Waals surface area (Å²) >= 11 is 0. The summed E-state index contributed by atoms with van der Waals surface area (Å²) < 4.78 is 31.5. The highest BCUT2D eigenvalue weighted by atomic mass is 35.5. The lowest BCUT2D eigenvalue weighted by Crippen LogP contribution is -2.44. The highest BCUT2D eigenvalue weighted by Gasteiger charge is 2.46. The first kappa shape index (κ1) is 15.4. The van der Waals surface area contributed by atoms with E-state index in [1.165, 1.54) is 6.07 Å². The number of aromatic nitrogens is 2. The van der Waals surface area contributed by atoms with Gasteiger partial charge in [0.1, 0.15) is 0 Å². The molecule has 2 unspecified atom stereocenters. The summed E-state index contributed by atoms with van der Waals surface area (Å²) in [6, 6.07) is 4.01. The van der Waals surface area contributed by atoms with Gasteiger partial charge in [-0.1, -0.05) is 11.2 Å². The molecule has 118 valence electrons. The van der Waals surface area contributed by atoms with Crippen LogP contribution in [-0.2, 0) is 5.54 Å². The van der Waals surface area contributed by atoms with E-state index in [4.69, 9.17) is 10.3 Å². The van der Waals surface area contributed by atoms with Gasteiger partial charge in [-0.15, -0.1) is 12.4 Å². The lowest BCUT2D eigenvalue weighted by atomic mass is 9.77. The van der Waals surface area contributed by atoms with Crippen molar-refractivity contribution in [3.63, 3.8) is 0 Å². The molecule has 0 amide bonds. The van der Waals surface area contributed by atoms with E-state index < -0.39 is 17.2 Å². The summed E-state index contributed by atoms with van der Waals surface area (Å²) in [6.45, 7) is 0. The predicted octanol–water partition coefficient (Wildman–Crippen LogP) is 3.38. The third-order valence-corrected chi connectivity index (χ3v) is 4.61. The van der Waals surface area contributed by atoms with E-state index in [1.807, 2.05) is 0 Å². The summed E-state index contributed by atoms with van der Waals surface area (Å²) in [5.74, 6) is -0.328. The molecule has 22 heavy (non-hydrogen) atoms. The van der Waals surface area contributed by atoms with Crippen LogP contribution in [0.25, 0.3) is 0 Å². The van der Waals surface area contributed by atoms with E-state index in [-0.39, 0.29) is 24.2 Å². The van der Waals surface area contributed by atoms with Gasteiger partial charge in [-0.3, -0.25) is 0 Å². The Morgan fingerprint density at radius 3 is 2.59 bits per heavy atom. The van der Waals surface area contributed by atoms with Crippen LogP contribution in [0.2, 0.25) is 0 Å². The van der Waals surface area contributed by atoms with Crippen molar-refractivity contribution in [1.82, 2.24) is 10.1 Å². The maximum atomic E-state index is 13.3. The third-order valence-electron chi connectivity index (χ3n) is 4.61. The minimum Gasteiger partial charge on any atom is -0.339 e. The SMILES string of the molecule is Cl.NC1(c2noc(C3CC3c3ccc(F)c(F)c3)n2)CCC1. The fraction of sp³-hybridized carbons (Fsp3) is 0.467. The topological polar surface area (TPSA) is 64.9 Å². The van der Waals surface area contributed by atoms with Crippen LogP contribution >= 0.6 is 12.4 Å². The first-order valence-electron chi connectivity index (χ1n) is 7.15. The summed E-state index contributed by atoms with van der Waals surface area (Å²) in [4.78, 5) is 4.41. The zero-order valence-electron chi connectivity index (χ0n) is 11.8. The van der Waals surface area contributed by atoms with Gasteiger partial charge in [-0.2, -0.15) is 4.98 Å². The smallest absolute Gasteiger partial charge is 0.230 e. The summed E-state index contributed by atoms with van der Waals surface area (Å²) in [5.41, 5.74) is 6.50. The average molecular weight is 328 g/mol. The van der Waals surface area contributed by atoms with E-state index in [2.05, 4.69) is 10.1 Å². The second kappa shape index (κ2) is 5.28. The van der Waals surface area contributed by atoms with Gasteiger partial charge in [0.25, 0.3) is 0 Å². The minimum absolute atomic E-state index is 0. The highest BCUT2D eigenvalue weighted by molar-refractivity contribution is 5.85. The normalized spacial score (nSPS) is 25.2. The zero-order valence-corrected chi connectivity index (χ0v) is 12.6. The van der Waals surface area contributed by atoms with E-state index >= 15 is 0 Å². The molecule has 2 fully saturated rings. The van der Waals surface area contributed by atoms with Crippen molar-refractivity contribution in [1.29, 1.82) is 0 Å². The third kappa shape index (κ3) is 2.40. The molecule has 1 heterocycles. The van der Waals surface area contributed by atoms with E-state index in [0.29, 0.717) is 11.7 Å². The van der Waals surface area contributed by atoms with Gasteiger partial charge in [0.2, 0.25) is 5.89 Å². The van der Waals surface area contributed by atoms with Crippen molar-refractivity contribution in [3.8, 4) is 0 Å². The molecule has 1 aromatic carbocycles. The molecule has 2 aliphatic carbocycles. The number of hydrogen-bond acceptors (Lipinski definition) is 4. The fourth-order valence-electron chi connectivity index (χ4n) is 2.95. The van der Waals surface area contributed by atoms with Gasteiger partial charge in [-0.25, -0.2) is 8.78 Å². The first-order valence-corrected chi connectivity index (χ1v) is 7.15. The molecule has 7 heteroatoms. The molecular weight excluding hydrogens is 312 g/mol. The zero-order chi connectivity index (χ0) is 14.6. The van der Waals surface area contributed by atoms with Crippen LogP contribution in [0.3, 0.4) is 0 Å². The van der Waals surface area contributed by atoms with Crippen molar-refractivity contribution < 1.29 is 13.3 Å². The second-order valence-corrected chi connectivity index (χ2v) is 6.09. The van der Waals surface area contributed by atoms with E-state index in [1.54, 1.807) is 6.07 Å². The van der Waals surface area contributed by atoms with Crippen LogP contribution in [-0.4, -0.2) is 10.1 Å². The Morgan fingerprint density at radius 2 is 1.95 bits per heavy atom. The highest BCUT2D eigenvalue weighted by Crippen LogP contribution is 2.54. The number of rotatable bonds is 3. The number of benzene rings is 1. The standard InChI is InChI=1S/C15H15F2N3O.ClH/c16-11-3-2-8(6-12(11)17)9-7-10(9)13-19-14(20-21-13)15(18)4-1-5-15;/h2-3,6,9-10H,1,4-5,7,18H2;1H. The van der Waals surface area contributed by atoms with E-state index in [0.717, 1.165) is 37.3 Å². The molecule has 4 nitrogen and oxygen atoms in total. The fourth-order valence-corrected chi connectivity index (χ4v) is 2.95. The molecule has 1 aromatic heterocycles. The van der Waals surface area contributed by atoms with Crippen molar-refractivity contribution in [2.24, 2.45) is 5.73 Å². The van der Waals surface area contributed by atoms with Crippen molar-refractivity contribution in [2.75, 3.05) is 0 Å². The molecule has 0 radical (unpaired) electrons. The number of nitrogens with two attached hydrogens (primary N) is 1. The Kier molecular flexibility index (Phi) is 3.69. The summed E-state index contributed by atoms with van der Waals surface area (Å²) in [7, 11) is 0. The van der Waals surface area contributed by atoms with Gasteiger partial charge in [0, 0.05) is 5.92 Å². The monoisotopic (exact) mass is 327 g/mol. The largest absolute Gasteiger partial charge is 0.339 e. The maximum Gasteiger partial charge on any atom is 0.230 e. The van der Waals surface area contributed by atoms with Gasteiger partial charge in [0.05, 0.1) is 5.54 Å². The quantitative estimate of drug-likeness (QED) is 0.938. The molecule has 0 saturated heterocycles. The molecule has 2 atom stereocenters. The van der Waals surface area contributed by atoms with Gasteiger partial charge < -0.3 is 10.3 Å². The average Bonchev–Trinajstić information content (AvgIpc) is 3.08. The van der Waals surface area contributed by atoms with Crippen LogP contribution in [0.15, 0.2) is 22.7 Å². The molecule has 4 rings (SSSR count).